The van der Waals surface area contributed by atoms with Crippen LogP contribution in [0.15, 0.2) is 41.6 Å². The predicted octanol–water partition coefficient (Wildman–Crippen LogP) is 2.72. The van der Waals surface area contributed by atoms with E-state index in [1.54, 1.807) is 0 Å². The van der Waals surface area contributed by atoms with Crippen LogP contribution in [0.2, 0.25) is 0 Å². The van der Waals surface area contributed by atoms with Crippen LogP contribution in [0.25, 0.3) is 0 Å². The second-order valence-corrected chi connectivity index (χ2v) is 6.12. The Kier molecular flexibility index (Phi) is 4.65. The highest BCUT2D eigenvalue weighted by Crippen LogP contribution is 2.32. The zero-order valence-electron chi connectivity index (χ0n) is 13.5. The van der Waals surface area contributed by atoms with Crippen molar-refractivity contribution in [3.63, 3.8) is 0 Å². The van der Waals surface area contributed by atoms with E-state index in [0.29, 0.717) is 12.1 Å². The number of carbonyl (C=O) groups is 2. The summed E-state index contributed by atoms with van der Waals surface area (Å²) in [6.07, 6.45) is 4.52. The Morgan fingerprint density at radius 1 is 1.13 bits per heavy atom. The van der Waals surface area contributed by atoms with Gasteiger partial charge in [0.15, 0.2) is 0 Å². The van der Waals surface area contributed by atoms with Crippen molar-refractivity contribution in [2.24, 2.45) is 0 Å². The maximum atomic E-state index is 12.8. The van der Waals surface area contributed by atoms with E-state index in [2.05, 4.69) is 17.6 Å². The molecule has 3 amide bonds. The van der Waals surface area contributed by atoms with Crippen LogP contribution in [-0.4, -0.2) is 29.9 Å². The summed E-state index contributed by atoms with van der Waals surface area (Å²) in [5.74, 6) is 0.0397. The first-order valence-electron chi connectivity index (χ1n) is 8.35. The average molecular weight is 313 g/mol. The Labute approximate surface area is 136 Å². The van der Waals surface area contributed by atoms with Crippen LogP contribution in [-0.2, 0) is 4.79 Å². The first-order chi connectivity index (χ1) is 11.2. The van der Waals surface area contributed by atoms with Crippen molar-refractivity contribution < 1.29 is 9.59 Å². The smallest absolute Gasteiger partial charge is 0.319 e. The minimum atomic E-state index is -0.354. The Hall–Kier alpha value is -2.30. The summed E-state index contributed by atoms with van der Waals surface area (Å²) >= 11 is 0. The third-order valence-electron chi connectivity index (χ3n) is 4.43. The molecular formula is C18H23N3O2. The molecule has 0 saturated carbocycles. The molecule has 2 N–H and O–H groups in total. The summed E-state index contributed by atoms with van der Waals surface area (Å²) in [7, 11) is 0. The molecule has 1 aromatic carbocycles. The van der Waals surface area contributed by atoms with Crippen LogP contribution >= 0.6 is 0 Å². The normalized spacial score (nSPS) is 20.4. The van der Waals surface area contributed by atoms with E-state index in [1.807, 2.05) is 35.2 Å². The number of rotatable bonds is 6. The van der Waals surface area contributed by atoms with Crippen molar-refractivity contribution in [1.29, 1.82) is 0 Å². The fraction of sp³-hybridized carbons (Fsp3) is 0.444. The summed E-state index contributed by atoms with van der Waals surface area (Å²) in [4.78, 5) is 26.5. The topological polar surface area (TPSA) is 61.4 Å². The van der Waals surface area contributed by atoms with Crippen molar-refractivity contribution >= 4 is 11.9 Å². The molecule has 1 atom stereocenters. The molecule has 5 heteroatoms. The molecule has 0 saturated heterocycles. The van der Waals surface area contributed by atoms with Crippen molar-refractivity contribution in [2.75, 3.05) is 13.1 Å². The van der Waals surface area contributed by atoms with E-state index in [0.717, 1.165) is 30.6 Å². The van der Waals surface area contributed by atoms with Gasteiger partial charge in [0.2, 0.25) is 0 Å². The maximum absolute atomic E-state index is 12.8. The van der Waals surface area contributed by atoms with Gasteiger partial charge in [0.1, 0.15) is 0 Å². The Morgan fingerprint density at radius 3 is 2.65 bits per heavy atom. The van der Waals surface area contributed by atoms with E-state index in [-0.39, 0.29) is 18.0 Å². The van der Waals surface area contributed by atoms with Gasteiger partial charge >= 0.3 is 6.03 Å². The predicted molar refractivity (Wildman–Crippen MR) is 88.6 cm³/mol. The lowest BCUT2D eigenvalue weighted by atomic mass is 9.96. The zero-order chi connectivity index (χ0) is 16.2. The largest absolute Gasteiger partial charge is 0.333 e. The monoisotopic (exact) mass is 313 g/mol. The standard InChI is InChI=1S/C18H23N3O2/c1-2-3-4-8-11-21-12-14-15(17(21)22)16(20-18(23)19-14)13-9-6-5-7-10-13/h5-7,9-10,16H,2-4,8,11-12H2,1H3,(H2,19,20,23). The summed E-state index contributed by atoms with van der Waals surface area (Å²) < 4.78 is 0. The van der Waals surface area contributed by atoms with Gasteiger partial charge in [0.25, 0.3) is 5.91 Å². The molecule has 0 spiro atoms. The summed E-state index contributed by atoms with van der Waals surface area (Å²) in [6, 6.07) is 9.07. The van der Waals surface area contributed by atoms with E-state index in [9.17, 15) is 9.59 Å². The number of unbranched alkanes of at least 4 members (excludes halogenated alkanes) is 3. The Morgan fingerprint density at radius 2 is 1.91 bits per heavy atom. The van der Waals surface area contributed by atoms with Crippen molar-refractivity contribution in [1.82, 2.24) is 15.5 Å². The lowest BCUT2D eigenvalue weighted by molar-refractivity contribution is -0.125. The number of nitrogens with zero attached hydrogens (tertiary/aromatic N) is 1. The van der Waals surface area contributed by atoms with Crippen LogP contribution in [0.3, 0.4) is 0 Å². The lowest BCUT2D eigenvalue weighted by Crippen LogP contribution is -2.44. The zero-order valence-corrected chi connectivity index (χ0v) is 13.5. The van der Waals surface area contributed by atoms with Gasteiger partial charge in [-0.2, -0.15) is 0 Å². The summed E-state index contributed by atoms with van der Waals surface area (Å²) in [5.41, 5.74) is 2.38. The minimum absolute atomic E-state index is 0.0397. The molecule has 2 aliphatic rings. The quantitative estimate of drug-likeness (QED) is 0.793. The first kappa shape index (κ1) is 15.6. The average Bonchev–Trinajstić information content (AvgIpc) is 2.87. The van der Waals surface area contributed by atoms with Crippen LogP contribution in [0.4, 0.5) is 4.79 Å². The van der Waals surface area contributed by atoms with Gasteiger partial charge in [-0.15, -0.1) is 0 Å². The highest BCUT2D eigenvalue weighted by Gasteiger charge is 2.39. The number of urea groups is 1. The van der Waals surface area contributed by atoms with Gasteiger partial charge in [0, 0.05) is 6.54 Å². The van der Waals surface area contributed by atoms with Gasteiger partial charge in [-0.05, 0) is 12.0 Å². The number of amides is 3. The van der Waals surface area contributed by atoms with Gasteiger partial charge in [-0.1, -0.05) is 56.5 Å². The molecule has 5 nitrogen and oxygen atoms in total. The van der Waals surface area contributed by atoms with Gasteiger partial charge in [-0.3, -0.25) is 4.79 Å². The molecule has 23 heavy (non-hydrogen) atoms. The molecule has 2 aliphatic heterocycles. The molecule has 2 heterocycles. The number of benzene rings is 1. The maximum Gasteiger partial charge on any atom is 0.319 e. The lowest BCUT2D eigenvalue weighted by Gasteiger charge is -2.25. The van der Waals surface area contributed by atoms with E-state index >= 15 is 0 Å². The van der Waals surface area contributed by atoms with Gasteiger partial charge < -0.3 is 15.5 Å². The third-order valence-corrected chi connectivity index (χ3v) is 4.43. The fourth-order valence-corrected chi connectivity index (χ4v) is 3.23. The molecule has 0 bridgehead atoms. The number of hydrogen-bond acceptors (Lipinski definition) is 2. The molecule has 0 fully saturated rings. The number of carbonyl (C=O) groups excluding carboxylic acids is 2. The van der Waals surface area contributed by atoms with Crippen LogP contribution < -0.4 is 10.6 Å². The van der Waals surface area contributed by atoms with Crippen LogP contribution in [0.5, 0.6) is 0 Å². The van der Waals surface area contributed by atoms with Gasteiger partial charge in [0.05, 0.1) is 23.9 Å². The Balaban J connectivity index is 1.76. The van der Waals surface area contributed by atoms with Crippen molar-refractivity contribution in [3.05, 3.63) is 47.2 Å². The number of nitrogens with one attached hydrogen (secondary N) is 2. The highest BCUT2D eigenvalue weighted by atomic mass is 16.2. The van der Waals surface area contributed by atoms with Crippen LogP contribution in [0.1, 0.15) is 44.2 Å². The second-order valence-electron chi connectivity index (χ2n) is 6.12. The van der Waals surface area contributed by atoms with E-state index in [4.69, 9.17) is 0 Å². The Bertz CT molecular complexity index is 624. The summed E-state index contributed by atoms with van der Waals surface area (Å²) in [5, 5.41) is 5.68. The molecule has 122 valence electrons. The van der Waals surface area contributed by atoms with Crippen molar-refractivity contribution in [2.45, 2.75) is 38.6 Å². The molecular weight excluding hydrogens is 290 g/mol. The molecule has 0 aromatic heterocycles. The first-order valence-corrected chi connectivity index (χ1v) is 8.35. The highest BCUT2D eigenvalue weighted by molar-refractivity contribution is 6.01. The minimum Gasteiger partial charge on any atom is -0.333 e. The second kappa shape index (κ2) is 6.86. The molecule has 1 unspecified atom stereocenters. The third kappa shape index (κ3) is 3.23. The van der Waals surface area contributed by atoms with E-state index in [1.165, 1.54) is 12.8 Å². The SMILES string of the molecule is CCCCCCN1CC2=C(C1=O)C(c1ccccc1)NC(=O)N2. The van der Waals surface area contributed by atoms with E-state index < -0.39 is 0 Å². The fourth-order valence-electron chi connectivity index (χ4n) is 3.23. The molecule has 0 aliphatic carbocycles. The molecule has 0 radical (unpaired) electrons. The van der Waals surface area contributed by atoms with Crippen molar-refractivity contribution in [3.8, 4) is 0 Å². The van der Waals surface area contributed by atoms with Crippen LogP contribution in [0, 0.1) is 0 Å². The number of hydrogen-bond donors (Lipinski definition) is 2. The van der Waals surface area contributed by atoms with Gasteiger partial charge in [-0.25, -0.2) is 4.79 Å². The molecule has 3 rings (SSSR count). The summed E-state index contributed by atoms with van der Waals surface area (Å²) in [6.45, 7) is 3.44. The molecule has 1 aromatic rings.